The molecule has 3 aliphatic heterocycles. The van der Waals surface area contributed by atoms with E-state index in [-0.39, 0.29) is 39.7 Å². The standard InChI is InChI=1S/C33H33ClF2N6O2/c1-3-25(43)41-16-11-21(18-41)40(2)31-23-17-37-29(22-8-4-7-20-9-10-24(35)27(34)26(20)22)28(36)30(23)38-32(39-31)44-19-33-12-5-14-42(33)15-6-13-33/h3-4,7-10,17,21H,1,5-6,11-16,18-19H2,2H3. The van der Waals surface area contributed by atoms with Crippen LogP contribution in [0.3, 0.4) is 0 Å². The molecule has 4 aromatic rings. The number of fused-ring (bicyclic) bond motifs is 3. The number of aromatic nitrogens is 3. The number of nitrogens with zero attached hydrogens (tertiary/aromatic N) is 6. The van der Waals surface area contributed by atoms with Gasteiger partial charge >= 0.3 is 6.01 Å². The number of ether oxygens (including phenoxy) is 1. The molecule has 0 bridgehead atoms. The van der Waals surface area contributed by atoms with Crippen molar-refractivity contribution in [2.45, 2.75) is 43.7 Å². The van der Waals surface area contributed by atoms with E-state index in [0.29, 0.717) is 53.7 Å². The molecule has 3 saturated heterocycles. The van der Waals surface area contributed by atoms with Gasteiger partial charge in [-0.1, -0.05) is 42.4 Å². The van der Waals surface area contributed by atoms with Crippen LogP contribution < -0.4 is 9.64 Å². The third-order valence-electron chi connectivity index (χ3n) is 9.65. The summed E-state index contributed by atoms with van der Waals surface area (Å²) < 4.78 is 37.5. The Morgan fingerprint density at radius 3 is 2.75 bits per heavy atom. The molecule has 3 fully saturated rings. The Morgan fingerprint density at radius 2 is 1.98 bits per heavy atom. The predicted molar refractivity (Wildman–Crippen MR) is 167 cm³/mol. The number of rotatable bonds is 7. The van der Waals surface area contributed by atoms with E-state index >= 15 is 4.39 Å². The maximum atomic E-state index is 16.6. The number of carbonyl (C=O) groups excluding carboxylic acids is 1. The lowest BCUT2D eigenvalue weighted by atomic mass is 9.95. The molecule has 1 unspecified atom stereocenters. The maximum absolute atomic E-state index is 16.6. The highest BCUT2D eigenvalue weighted by Crippen LogP contribution is 2.41. The Hall–Kier alpha value is -3.89. The first-order chi connectivity index (χ1) is 21.3. The monoisotopic (exact) mass is 618 g/mol. The molecular formula is C33H33ClF2N6O2. The topological polar surface area (TPSA) is 74.7 Å². The highest BCUT2D eigenvalue weighted by atomic mass is 35.5. The number of pyridine rings is 1. The van der Waals surface area contributed by atoms with Crippen molar-refractivity contribution >= 4 is 45.0 Å². The summed E-state index contributed by atoms with van der Waals surface area (Å²) in [6.45, 7) is 7.20. The van der Waals surface area contributed by atoms with Crippen LogP contribution in [0.15, 0.2) is 49.2 Å². The number of halogens is 3. The van der Waals surface area contributed by atoms with Gasteiger partial charge in [0.1, 0.15) is 29.5 Å². The molecule has 2 aromatic carbocycles. The molecular weight excluding hydrogens is 586 g/mol. The van der Waals surface area contributed by atoms with Crippen molar-refractivity contribution in [2.75, 3.05) is 44.7 Å². The zero-order valence-electron chi connectivity index (χ0n) is 24.5. The van der Waals surface area contributed by atoms with Gasteiger partial charge in [0.25, 0.3) is 0 Å². The summed E-state index contributed by atoms with van der Waals surface area (Å²) in [6, 6.07) is 8.15. The quantitative estimate of drug-likeness (QED) is 0.235. The molecule has 5 heterocycles. The van der Waals surface area contributed by atoms with Gasteiger partial charge in [-0.15, -0.1) is 0 Å². The number of anilines is 1. The van der Waals surface area contributed by atoms with Crippen molar-refractivity contribution in [3.05, 3.63) is 65.8 Å². The lowest BCUT2D eigenvalue weighted by Gasteiger charge is -2.31. The van der Waals surface area contributed by atoms with E-state index < -0.39 is 11.6 Å². The number of amides is 1. The summed E-state index contributed by atoms with van der Waals surface area (Å²) in [6.07, 6.45) is 7.91. The molecule has 1 amide bonds. The van der Waals surface area contributed by atoms with Crippen molar-refractivity contribution in [2.24, 2.45) is 0 Å². The second kappa shape index (κ2) is 11.2. The van der Waals surface area contributed by atoms with E-state index in [1.54, 1.807) is 35.4 Å². The highest BCUT2D eigenvalue weighted by molar-refractivity contribution is 6.36. The Kier molecular flexibility index (Phi) is 7.37. The Morgan fingerprint density at radius 1 is 1.18 bits per heavy atom. The number of likely N-dealkylation sites (N-methyl/N-ethyl adjacent to an activating group) is 1. The number of carbonyl (C=O) groups is 1. The van der Waals surface area contributed by atoms with E-state index in [1.807, 2.05) is 11.9 Å². The van der Waals surface area contributed by atoms with Crippen LogP contribution in [0.5, 0.6) is 6.01 Å². The van der Waals surface area contributed by atoms with Gasteiger partial charge in [-0.3, -0.25) is 14.7 Å². The van der Waals surface area contributed by atoms with Gasteiger partial charge in [0, 0.05) is 43.3 Å². The minimum Gasteiger partial charge on any atom is -0.461 e. The van der Waals surface area contributed by atoms with Crippen LogP contribution in [0.2, 0.25) is 5.02 Å². The molecule has 228 valence electrons. The van der Waals surface area contributed by atoms with E-state index in [9.17, 15) is 9.18 Å². The van der Waals surface area contributed by atoms with Crippen LogP contribution in [-0.2, 0) is 4.79 Å². The van der Waals surface area contributed by atoms with Gasteiger partial charge < -0.3 is 14.5 Å². The Bertz CT molecular complexity index is 1790. The van der Waals surface area contributed by atoms with Crippen LogP contribution in [0.4, 0.5) is 14.6 Å². The summed E-state index contributed by atoms with van der Waals surface area (Å²) in [5.41, 5.74) is 0.375. The average Bonchev–Trinajstić information content (AvgIpc) is 3.78. The minimum atomic E-state index is -0.673. The number of hydrogen-bond donors (Lipinski definition) is 0. The Labute approximate surface area is 259 Å². The van der Waals surface area contributed by atoms with Crippen LogP contribution in [0.25, 0.3) is 32.9 Å². The van der Waals surface area contributed by atoms with E-state index in [0.717, 1.165) is 38.8 Å². The predicted octanol–water partition coefficient (Wildman–Crippen LogP) is 6.01. The number of hydrogen-bond acceptors (Lipinski definition) is 7. The van der Waals surface area contributed by atoms with Crippen molar-refractivity contribution in [3.63, 3.8) is 0 Å². The number of likely N-dealkylation sites (tertiary alicyclic amines) is 1. The van der Waals surface area contributed by atoms with E-state index in [4.69, 9.17) is 21.3 Å². The molecule has 8 nitrogen and oxygen atoms in total. The first kappa shape index (κ1) is 28.9. The normalized spacial score (nSPS) is 19.5. The molecule has 0 spiro atoms. The second-order valence-electron chi connectivity index (χ2n) is 12.0. The minimum absolute atomic E-state index is 0.00817. The molecule has 11 heteroatoms. The van der Waals surface area contributed by atoms with Gasteiger partial charge in [0.2, 0.25) is 5.91 Å². The summed E-state index contributed by atoms with van der Waals surface area (Å²) in [7, 11) is 1.88. The highest BCUT2D eigenvalue weighted by Gasteiger charge is 2.45. The summed E-state index contributed by atoms with van der Waals surface area (Å²) in [5, 5.41) is 1.36. The lowest BCUT2D eigenvalue weighted by Crippen LogP contribution is -2.43. The summed E-state index contributed by atoms with van der Waals surface area (Å²) in [5.74, 6) is -0.928. The zero-order valence-corrected chi connectivity index (χ0v) is 25.3. The fourth-order valence-corrected chi connectivity index (χ4v) is 7.54. The van der Waals surface area contributed by atoms with Crippen LogP contribution in [0, 0.1) is 11.6 Å². The fourth-order valence-electron chi connectivity index (χ4n) is 7.27. The van der Waals surface area contributed by atoms with Crippen LogP contribution in [0.1, 0.15) is 32.1 Å². The molecule has 0 radical (unpaired) electrons. The van der Waals surface area contributed by atoms with Crippen LogP contribution >= 0.6 is 11.6 Å². The summed E-state index contributed by atoms with van der Waals surface area (Å²) in [4.78, 5) is 32.4. The van der Waals surface area contributed by atoms with Gasteiger partial charge in [0.05, 0.1) is 15.9 Å². The van der Waals surface area contributed by atoms with Gasteiger partial charge in [-0.2, -0.15) is 9.97 Å². The largest absolute Gasteiger partial charge is 0.461 e. The third-order valence-corrected chi connectivity index (χ3v) is 10.0. The van der Waals surface area contributed by atoms with Crippen molar-refractivity contribution < 1.29 is 18.3 Å². The summed E-state index contributed by atoms with van der Waals surface area (Å²) >= 11 is 6.39. The van der Waals surface area contributed by atoms with Gasteiger partial charge in [-0.25, -0.2) is 8.78 Å². The molecule has 1 atom stereocenters. The third kappa shape index (κ3) is 4.75. The van der Waals surface area contributed by atoms with E-state index in [2.05, 4.69) is 21.4 Å². The number of benzene rings is 2. The Balaban J connectivity index is 1.33. The smallest absolute Gasteiger partial charge is 0.319 e. The molecule has 0 aliphatic carbocycles. The van der Waals surface area contributed by atoms with Crippen LogP contribution in [-0.4, -0.2) is 82.1 Å². The molecule has 7 rings (SSSR count). The van der Waals surface area contributed by atoms with Crippen molar-refractivity contribution in [1.82, 2.24) is 24.8 Å². The molecule has 0 N–H and O–H groups in total. The molecule has 3 aliphatic rings. The van der Waals surface area contributed by atoms with Crippen molar-refractivity contribution in [1.29, 1.82) is 0 Å². The molecule has 2 aromatic heterocycles. The average molecular weight is 619 g/mol. The second-order valence-corrected chi connectivity index (χ2v) is 12.4. The maximum Gasteiger partial charge on any atom is 0.319 e. The van der Waals surface area contributed by atoms with E-state index in [1.165, 1.54) is 12.1 Å². The first-order valence-corrected chi connectivity index (χ1v) is 15.4. The molecule has 44 heavy (non-hydrogen) atoms. The SMILES string of the molecule is C=CC(=O)N1CCC(N(C)c2nc(OCC34CCCN3CCC4)nc3c(F)c(-c4cccc5ccc(F)c(Cl)c45)ncc23)C1. The fraction of sp³-hybridized carbons (Fsp3) is 0.394. The van der Waals surface area contributed by atoms with Gasteiger partial charge in [0.15, 0.2) is 5.82 Å². The lowest BCUT2D eigenvalue weighted by molar-refractivity contribution is -0.125. The van der Waals surface area contributed by atoms with Crippen molar-refractivity contribution in [3.8, 4) is 17.3 Å². The zero-order chi connectivity index (χ0) is 30.6. The van der Waals surface area contributed by atoms with Gasteiger partial charge in [-0.05, 0) is 62.7 Å². The molecule has 0 saturated carbocycles. The first-order valence-electron chi connectivity index (χ1n) is 15.0.